The van der Waals surface area contributed by atoms with Gasteiger partial charge in [-0.15, -0.1) is 0 Å². The number of aromatic amines is 1. The topological polar surface area (TPSA) is 116 Å². The number of para-hydroxylation sites is 3. The Balaban J connectivity index is 1.30. The van der Waals surface area contributed by atoms with Gasteiger partial charge in [0.1, 0.15) is 17.9 Å². The van der Waals surface area contributed by atoms with Gasteiger partial charge in [-0.3, -0.25) is 14.4 Å². The normalized spacial score (nSPS) is 16.2. The summed E-state index contributed by atoms with van der Waals surface area (Å²) in [5, 5.41) is 8.52. The smallest absolute Gasteiger partial charge is 0.254 e. The van der Waals surface area contributed by atoms with E-state index in [0.29, 0.717) is 17.1 Å². The van der Waals surface area contributed by atoms with Gasteiger partial charge in [0.15, 0.2) is 0 Å². The third-order valence-electron chi connectivity index (χ3n) is 5.83. The van der Waals surface area contributed by atoms with Crippen molar-refractivity contribution in [2.45, 2.75) is 24.9 Å². The molecular formula is C26H23N5O3. The molecule has 2 unspecified atom stereocenters. The van der Waals surface area contributed by atoms with E-state index in [1.165, 1.54) is 0 Å². The van der Waals surface area contributed by atoms with E-state index in [2.05, 4.69) is 25.9 Å². The molecule has 0 spiro atoms. The maximum Gasteiger partial charge on any atom is 0.254 e. The largest absolute Gasteiger partial charge is 0.342 e. The van der Waals surface area contributed by atoms with Crippen LogP contribution in [0.1, 0.15) is 40.6 Å². The number of carbonyl (C=O) groups excluding carboxylic acids is 3. The van der Waals surface area contributed by atoms with Gasteiger partial charge in [0.05, 0.1) is 22.3 Å². The van der Waals surface area contributed by atoms with Crippen molar-refractivity contribution in [3.63, 3.8) is 0 Å². The number of nitrogens with one attached hydrogen (secondary N) is 4. The molecule has 0 aliphatic carbocycles. The molecule has 1 aromatic heterocycles. The quantitative estimate of drug-likeness (QED) is 0.358. The fraction of sp³-hybridized carbons (Fsp3) is 0.154. The number of benzene rings is 3. The molecule has 3 aromatic carbocycles. The summed E-state index contributed by atoms with van der Waals surface area (Å²) in [4.78, 5) is 46.1. The maximum absolute atomic E-state index is 13.0. The van der Waals surface area contributed by atoms with Crippen molar-refractivity contribution in [1.82, 2.24) is 20.6 Å². The Bertz CT molecular complexity index is 1330. The minimum atomic E-state index is -0.813. The van der Waals surface area contributed by atoms with Gasteiger partial charge in [0.25, 0.3) is 5.91 Å². The van der Waals surface area contributed by atoms with Crippen LogP contribution >= 0.6 is 0 Å². The number of rotatable bonds is 6. The maximum atomic E-state index is 13.0. The molecule has 34 heavy (non-hydrogen) atoms. The monoisotopic (exact) mass is 453 g/mol. The molecule has 1 aliphatic rings. The van der Waals surface area contributed by atoms with E-state index >= 15 is 0 Å². The van der Waals surface area contributed by atoms with E-state index in [9.17, 15) is 14.4 Å². The molecule has 0 radical (unpaired) electrons. The van der Waals surface area contributed by atoms with Crippen molar-refractivity contribution >= 4 is 34.4 Å². The summed E-state index contributed by atoms with van der Waals surface area (Å²) in [6.45, 7) is 0. The lowest BCUT2D eigenvalue weighted by Crippen LogP contribution is -2.42. The van der Waals surface area contributed by atoms with Gasteiger partial charge in [0, 0.05) is 6.42 Å². The van der Waals surface area contributed by atoms with E-state index < -0.39 is 12.1 Å². The van der Waals surface area contributed by atoms with E-state index in [-0.39, 0.29) is 30.6 Å². The van der Waals surface area contributed by atoms with Gasteiger partial charge in [-0.2, -0.15) is 0 Å². The number of H-pyrrole nitrogens is 1. The number of aromatic nitrogens is 2. The van der Waals surface area contributed by atoms with Crippen LogP contribution in [0.25, 0.3) is 11.0 Å². The number of amides is 3. The van der Waals surface area contributed by atoms with Crippen LogP contribution in [0, 0.1) is 0 Å². The van der Waals surface area contributed by atoms with Crippen molar-refractivity contribution in [1.29, 1.82) is 0 Å². The molecule has 3 amide bonds. The Morgan fingerprint density at radius 3 is 2.50 bits per heavy atom. The number of fused-ring (bicyclic) bond motifs is 2. The lowest BCUT2D eigenvalue weighted by Gasteiger charge is -2.19. The number of anilines is 1. The minimum absolute atomic E-state index is 0.0538. The van der Waals surface area contributed by atoms with Crippen molar-refractivity contribution in [3.8, 4) is 0 Å². The molecule has 5 rings (SSSR count). The highest BCUT2D eigenvalue weighted by molar-refractivity contribution is 6.09. The van der Waals surface area contributed by atoms with Crippen LogP contribution in [0.5, 0.6) is 0 Å². The van der Waals surface area contributed by atoms with Crippen LogP contribution in [0.3, 0.4) is 0 Å². The predicted molar refractivity (Wildman–Crippen MR) is 128 cm³/mol. The van der Waals surface area contributed by atoms with Crippen LogP contribution in [-0.4, -0.2) is 33.7 Å². The fourth-order valence-electron chi connectivity index (χ4n) is 4.09. The molecule has 2 atom stereocenters. The summed E-state index contributed by atoms with van der Waals surface area (Å²) in [6, 6.07) is 22.8. The molecule has 0 bridgehead atoms. The Hall–Kier alpha value is -4.46. The standard InChI is InChI=1S/C26H23N5O3/c32-22(15-14-21-26(34)29-18-11-5-4-10-17(18)25(33)30-21)31-23(16-8-2-1-3-9-16)24-27-19-12-6-7-13-20(19)28-24/h1-13,21,23H,14-15H2,(H,27,28)(H,29,34)(H,30,33)(H,31,32). The lowest BCUT2D eigenvalue weighted by molar-refractivity contribution is -0.122. The number of carbonyl (C=O) groups is 3. The highest BCUT2D eigenvalue weighted by atomic mass is 16.2. The molecule has 2 heterocycles. The van der Waals surface area contributed by atoms with Gasteiger partial charge in [-0.05, 0) is 36.2 Å². The average Bonchev–Trinajstić information content (AvgIpc) is 3.24. The number of hydrogen-bond acceptors (Lipinski definition) is 4. The zero-order valence-corrected chi connectivity index (χ0v) is 18.2. The highest BCUT2D eigenvalue weighted by Gasteiger charge is 2.28. The van der Waals surface area contributed by atoms with Crippen LogP contribution in [-0.2, 0) is 9.59 Å². The number of hydrogen-bond donors (Lipinski definition) is 4. The van der Waals surface area contributed by atoms with Crippen molar-refractivity contribution in [2.24, 2.45) is 0 Å². The van der Waals surface area contributed by atoms with E-state index in [1.54, 1.807) is 24.3 Å². The summed E-state index contributed by atoms with van der Waals surface area (Å²) in [6.07, 6.45) is 0.220. The number of nitrogens with zero attached hydrogens (tertiary/aromatic N) is 1. The predicted octanol–water partition coefficient (Wildman–Crippen LogP) is 3.30. The number of imidazole rings is 1. The minimum Gasteiger partial charge on any atom is -0.342 e. The first kappa shape index (κ1) is 21.4. The molecule has 0 saturated carbocycles. The third-order valence-corrected chi connectivity index (χ3v) is 5.83. The first-order valence-electron chi connectivity index (χ1n) is 11.1. The van der Waals surface area contributed by atoms with E-state index in [0.717, 1.165) is 16.6 Å². The fourth-order valence-corrected chi connectivity index (χ4v) is 4.09. The Kier molecular flexibility index (Phi) is 5.78. The molecule has 0 saturated heterocycles. The van der Waals surface area contributed by atoms with Crippen molar-refractivity contribution < 1.29 is 14.4 Å². The zero-order valence-electron chi connectivity index (χ0n) is 18.2. The summed E-state index contributed by atoms with van der Waals surface area (Å²) in [5.41, 5.74) is 3.43. The summed E-state index contributed by atoms with van der Waals surface area (Å²) in [5.74, 6) is -0.318. The van der Waals surface area contributed by atoms with Crippen LogP contribution < -0.4 is 16.0 Å². The first-order chi connectivity index (χ1) is 16.6. The third kappa shape index (κ3) is 4.38. The molecule has 8 nitrogen and oxygen atoms in total. The van der Waals surface area contributed by atoms with E-state index in [1.807, 2.05) is 54.6 Å². The molecule has 1 aliphatic heterocycles. The molecule has 4 N–H and O–H groups in total. The first-order valence-corrected chi connectivity index (χ1v) is 11.1. The second kappa shape index (κ2) is 9.19. The molecule has 8 heteroatoms. The van der Waals surface area contributed by atoms with E-state index in [4.69, 9.17) is 0 Å². The second-order valence-electron chi connectivity index (χ2n) is 8.15. The summed E-state index contributed by atoms with van der Waals surface area (Å²) < 4.78 is 0. The van der Waals surface area contributed by atoms with Gasteiger partial charge in [-0.1, -0.05) is 54.6 Å². The summed E-state index contributed by atoms with van der Waals surface area (Å²) in [7, 11) is 0. The zero-order chi connectivity index (χ0) is 23.5. The van der Waals surface area contributed by atoms with Gasteiger partial charge in [-0.25, -0.2) is 4.98 Å². The molecule has 170 valence electrons. The lowest BCUT2D eigenvalue weighted by atomic mass is 10.1. The summed E-state index contributed by atoms with van der Waals surface area (Å²) >= 11 is 0. The molecular weight excluding hydrogens is 430 g/mol. The van der Waals surface area contributed by atoms with Gasteiger partial charge >= 0.3 is 0 Å². The van der Waals surface area contributed by atoms with Crippen molar-refractivity contribution in [3.05, 3.63) is 95.8 Å². The second-order valence-corrected chi connectivity index (χ2v) is 8.15. The Labute approximate surface area is 195 Å². The van der Waals surface area contributed by atoms with Crippen LogP contribution in [0.15, 0.2) is 78.9 Å². The van der Waals surface area contributed by atoms with Crippen molar-refractivity contribution in [2.75, 3.05) is 5.32 Å². The van der Waals surface area contributed by atoms with Crippen LogP contribution in [0.4, 0.5) is 5.69 Å². The van der Waals surface area contributed by atoms with Crippen LogP contribution in [0.2, 0.25) is 0 Å². The average molecular weight is 454 g/mol. The highest BCUT2D eigenvalue weighted by Crippen LogP contribution is 2.23. The Morgan fingerprint density at radius 1 is 0.941 bits per heavy atom. The SMILES string of the molecule is O=C(CCC1NC(=O)c2ccccc2NC1=O)NC(c1ccccc1)c1nc2ccccc2[nH]1. The molecule has 0 fully saturated rings. The van der Waals surface area contributed by atoms with Gasteiger partial charge < -0.3 is 20.9 Å². The Morgan fingerprint density at radius 2 is 1.68 bits per heavy atom. The van der Waals surface area contributed by atoms with Gasteiger partial charge in [0.2, 0.25) is 11.8 Å². The molecule has 4 aromatic rings.